The summed E-state index contributed by atoms with van der Waals surface area (Å²) < 4.78 is 5.07. The smallest absolute Gasteiger partial charge is 0.341 e. The van der Waals surface area contributed by atoms with Gasteiger partial charge in [0.15, 0.2) is 0 Å². The third kappa shape index (κ3) is 8.98. The van der Waals surface area contributed by atoms with E-state index in [4.69, 9.17) is 4.74 Å². The summed E-state index contributed by atoms with van der Waals surface area (Å²) in [6.45, 7) is 3.98. The van der Waals surface area contributed by atoms with E-state index >= 15 is 0 Å². The molecule has 49 heavy (non-hydrogen) atoms. The number of anilines is 3. The van der Waals surface area contributed by atoms with Crippen LogP contribution >= 0.6 is 23.1 Å². The van der Waals surface area contributed by atoms with Gasteiger partial charge in [-0.05, 0) is 91.8 Å². The van der Waals surface area contributed by atoms with Crippen LogP contribution in [0.3, 0.4) is 0 Å². The molecule has 1 aliphatic carbocycles. The number of nitrogens with one attached hydrogen (secondary N) is 3. The number of benzene rings is 3. The van der Waals surface area contributed by atoms with Gasteiger partial charge in [-0.15, -0.1) is 23.1 Å². The molecule has 0 radical (unpaired) electrons. The second kappa shape index (κ2) is 16.0. The molecular weight excluding hydrogens is 657 g/mol. The Balaban J connectivity index is 1.30. The van der Waals surface area contributed by atoms with E-state index in [0.29, 0.717) is 27.7 Å². The maximum atomic E-state index is 13.6. The van der Waals surface area contributed by atoms with Crippen molar-refractivity contribution in [3.8, 4) is 0 Å². The average molecular weight is 697 g/mol. The number of carbonyl (C=O) groups excluding carboxylic acids is 4. The van der Waals surface area contributed by atoms with E-state index < -0.39 is 23.0 Å². The van der Waals surface area contributed by atoms with Crippen LogP contribution in [0.15, 0.2) is 89.5 Å². The number of thiophene rings is 1. The molecule has 3 N–H and O–H groups in total. The van der Waals surface area contributed by atoms with Crippen molar-refractivity contribution in [2.75, 3.05) is 36.7 Å². The molecule has 2 atom stereocenters. The largest absolute Gasteiger partial charge is 0.465 e. The van der Waals surface area contributed by atoms with Gasteiger partial charge in [-0.25, -0.2) is 4.79 Å². The molecule has 4 aromatic rings. The highest BCUT2D eigenvalue weighted by Crippen LogP contribution is 2.40. The van der Waals surface area contributed by atoms with Crippen LogP contribution < -0.4 is 20.9 Å². The molecule has 1 aliphatic rings. The Bertz CT molecular complexity index is 1870. The summed E-state index contributed by atoms with van der Waals surface area (Å²) in [7, 11) is 5.24. The van der Waals surface area contributed by atoms with Gasteiger partial charge in [-0.2, -0.15) is 0 Å². The Morgan fingerprint density at radius 1 is 0.980 bits per heavy atom. The van der Waals surface area contributed by atoms with Crippen LogP contribution in [0.4, 0.5) is 16.4 Å². The minimum atomic E-state index is -0.514. The Morgan fingerprint density at radius 2 is 1.71 bits per heavy atom. The monoisotopic (exact) mass is 696 g/mol. The molecule has 2 unspecified atom stereocenters. The first-order valence-corrected chi connectivity index (χ1v) is 17.7. The molecule has 3 amide bonds. The fourth-order valence-electron chi connectivity index (χ4n) is 5.45. The van der Waals surface area contributed by atoms with E-state index in [0.717, 1.165) is 45.8 Å². The van der Waals surface area contributed by atoms with E-state index in [9.17, 15) is 19.2 Å². The first kappa shape index (κ1) is 35.4. The Labute approximate surface area is 295 Å². The van der Waals surface area contributed by atoms with Crippen LogP contribution in [0, 0.1) is 5.92 Å². The standard InChI is InChI=1S/C38H40N4O5S2/c1-23-14-19-30-32(20-23)49-37(33(30)38(46)47-5)41-34(43)24(2)48-29-13-9-12-27(22-29)39-36(45)31(40-35(44)26-10-7-6-8-11-26)21-25-15-17-28(18-16-25)42(3)4/h6-13,15-18,21-24H,14,19-20H2,1-5H3,(H,39,45)(H,40,44)(H,41,43)/b31-21+. The number of ether oxygens (including phenoxy) is 1. The van der Waals surface area contributed by atoms with E-state index in [1.54, 1.807) is 55.5 Å². The van der Waals surface area contributed by atoms with Gasteiger partial charge in [0.2, 0.25) is 5.91 Å². The van der Waals surface area contributed by atoms with Gasteiger partial charge in [-0.3, -0.25) is 14.4 Å². The van der Waals surface area contributed by atoms with Crippen LogP contribution in [0.5, 0.6) is 0 Å². The highest BCUT2D eigenvalue weighted by atomic mass is 32.2. The molecule has 254 valence electrons. The second-order valence-electron chi connectivity index (χ2n) is 12.1. The minimum absolute atomic E-state index is 0.0757. The van der Waals surface area contributed by atoms with Gasteiger partial charge < -0.3 is 25.6 Å². The zero-order chi connectivity index (χ0) is 35.1. The topological polar surface area (TPSA) is 117 Å². The highest BCUT2D eigenvalue weighted by molar-refractivity contribution is 8.00. The van der Waals surface area contributed by atoms with Gasteiger partial charge in [0.1, 0.15) is 10.7 Å². The van der Waals surface area contributed by atoms with Crippen LogP contribution in [0.25, 0.3) is 6.08 Å². The predicted molar refractivity (Wildman–Crippen MR) is 199 cm³/mol. The number of nitrogens with zero attached hydrogens (tertiary/aromatic N) is 1. The predicted octanol–water partition coefficient (Wildman–Crippen LogP) is 7.25. The summed E-state index contributed by atoms with van der Waals surface area (Å²) in [6, 6.07) is 23.5. The summed E-state index contributed by atoms with van der Waals surface area (Å²) >= 11 is 2.78. The Morgan fingerprint density at radius 3 is 2.41 bits per heavy atom. The summed E-state index contributed by atoms with van der Waals surface area (Å²) in [4.78, 5) is 56.6. The fraction of sp³-hybridized carbons (Fsp3) is 0.263. The van der Waals surface area contributed by atoms with Gasteiger partial charge in [-0.1, -0.05) is 43.3 Å². The highest BCUT2D eigenvalue weighted by Gasteiger charge is 2.30. The van der Waals surface area contributed by atoms with Crippen molar-refractivity contribution in [3.05, 3.63) is 112 Å². The second-order valence-corrected chi connectivity index (χ2v) is 14.7. The lowest BCUT2D eigenvalue weighted by Crippen LogP contribution is -2.30. The average Bonchev–Trinajstić information content (AvgIpc) is 3.44. The molecule has 0 aliphatic heterocycles. The van der Waals surface area contributed by atoms with Crippen molar-refractivity contribution in [3.63, 3.8) is 0 Å². The number of carbonyl (C=O) groups is 4. The maximum absolute atomic E-state index is 13.6. The van der Waals surface area contributed by atoms with Crippen LogP contribution in [-0.2, 0) is 27.2 Å². The van der Waals surface area contributed by atoms with Crippen LogP contribution in [-0.4, -0.2) is 50.1 Å². The number of amides is 3. The fourth-order valence-corrected chi connectivity index (χ4v) is 7.78. The molecule has 9 nitrogen and oxygen atoms in total. The third-order valence-electron chi connectivity index (χ3n) is 8.16. The number of esters is 1. The SMILES string of the molecule is COC(=O)c1c(NC(=O)C(C)Sc2cccc(NC(=O)/C(=C\c3ccc(N(C)C)cc3)NC(=O)c3ccccc3)c2)sc2c1CCC(C)C2. The Kier molecular flexibility index (Phi) is 11.6. The summed E-state index contributed by atoms with van der Waals surface area (Å²) in [5.41, 5.74) is 4.18. The lowest BCUT2D eigenvalue weighted by molar-refractivity contribution is -0.115. The van der Waals surface area contributed by atoms with E-state index in [1.807, 2.05) is 55.4 Å². The molecule has 1 heterocycles. The zero-order valence-electron chi connectivity index (χ0n) is 28.2. The van der Waals surface area contributed by atoms with Crippen molar-refractivity contribution >= 4 is 69.2 Å². The maximum Gasteiger partial charge on any atom is 0.341 e. The summed E-state index contributed by atoms with van der Waals surface area (Å²) in [5.74, 6) is -1.08. The molecule has 0 fully saturated rings. The van der Waals surface area contributed by atoms with Gasteiger partial charge in [0.05, 0.1) is 17.9 Å². The quantitative estimate of drug-likeness (QED) is 0.0859. The van der Waals surface area contributed by atoms with Crippen molar-refractivity contribution in [2.45, 2.75) is 43.3 Å². The molecule has 0 saturated carbocycles. The molecule has 1 aromatic heterocycles. The number of hydrogen-bond donors (Lipinski definition) is 3. The van der Waals surface area contributed by atoms with Crippen molar-refractivity contribution in [1.29, 1.82) is 0 Å². The molecule has 0 saturated heterocycles. The summed E-state index contributed by atoms with van der Waals surface area (Å²) in [5, 5.41) is 8.66. The van der Waals surface area contributed by atoms with Gasteiger partial charge in [0.25, 0.3) is 11.8 Å². The van der Waals surface area contributed by atoms with Crippen LogP contribution in [0.2, 0.25) is 0 Å². The molecule has 0 bridgehead atoms. The number of fused-ring (bicyclic) bond motifs is 1. The number of thioether (sulfide) groups is 1. The van der Waals surface area contributed by atoms with E-state index in [1.165, 1.54) is 30.2 Å². The number of hydrogen-bond acceptors (Lipinski definition) is 8. The number of rotatable bonds is 11. The summed E-state index contributed by atoms with van der Waals surface area (Å²) in [6.07, 6.45) is 4.27. The molecule has 5 rings (SSSR count). The first-order chi connectivity index (χ1) is 23.5. The Hall–Kier alpha value is -4.87. The third-order valence-corrected chi connectivity index (χ3v) is 10.4. The lowest BCUT2D eigenvalue weighted by Gasteiger charge is -2.18. The van der Waals surface area contributed by atoms with Crippen molar-refractivity contribution in [1.82, 2.24) is 5.32 Å². The first-order valence-electron chi connectivity index (χ1n) is 16.0. The molecule has 3 aromatic carbocycles. The van der Waals surface area contributed by atoms with Gasteiger partial charge >= 0.3 is 5.97 Å². The lowest BCUT2D eigenvalue weighted by atomic mass is 9.88. The zero-order valence-corrected chi connectivity index (χ0v) is 29.8. The molecular formula is C38H40N4O5S2. The van der Waals surface area contributed by atoms with Crippen LogP contribution in [0.1, 0.15) is 57.0 Å². The van der Waals surface area contributed by atoms with Crippen molar-refractivity contribution in [2.24, 2.45) is 5.92 Å². The van der Waals surface area contributed by atoms with Crippen molar-refractivity contribution < 1.29 is 23.9 Å². The molecule has 11 heteroatoms. The molecule has 0 spiro atoms. The van der Waals surface area contributed by atoms with E-state index in [2.05, 4.69) is 22.9 Å². The van der Waals surface area contributed by atoms with Gasteiger partial charge in [0, 0.05) is 40.8 Å². The minimum Gasteiger partial charge on any atom is -0.465 e. The number of methoxy groups -OCH3 is 1. The normalized spacial score (nSPS) is 14.6. The van der Waals surface area contributed by atoms with E-state index in [-0.39, 0.29) is 11.6 Å².